The Labute approximate surface area is 134 Å². The average Bonchev–Trinajstić information content (AvgIpc) is 2.49. The van der Waals surface area contributed by atoms with Crippen LogP contribution in [0.4, 0.5) is 24.5 Å². The summed E-state index contributed by atoms with van der Waals surface area (Å²) in [6.45, 7) is 0. The molecule has 0 spiro atoms. The molecule has 1 amide bonds. The van der Waals surface area contributed by atoms with Crippen molar-refractivity contribution in [3.63, 3.8) is 0 Å². The maximum absolute atomic E-state index is 12.6. The van der Waals surface area contributed by atoms with Gasteiger partial charge in [0.15, 0.2) is 0 Å². The maximum Gasteiger partial charge on any atom is 0.417 e. The average molecular weight is 340 g/mol. The summed E-state index contributed by atoms with van der Waals surface area (Å²) >= 11 is 5.84. The monoisotopic (exact) mass is 339 g/mol. The first-order valence-electron chi connectivity index (χ1n) is 6.46. The number of para-hydroxylation sites is 2. The lowest BCUT2D eigenvalue weighted by atomic mass is 10.1. The molecule has 3 rings (SSSR count). The molecule has 8 heteroatoms. The zero-order chi connectivity index (χ0) is 16.6. The minimum atomic E-state index is -4.53. The molecular formula is C15H9ClF3N3O. The second kappa shape index (κ2) is 5.58. The SMILES string of the molecule is O=C1Nc2ccccc2N/C1=C/c1ncc(C(F)(F)F)cc1Cl. The van der Waals surface area contributed by atoms with Gasteiger partial charge in [0.25, 0.3) is 5.91 Å². The standard InChI is InChI=1S/C15H9ClF3N3O/c16-9-5-8(15(17,18)19)7-20-12(9)6-13-14(23)22-11-4-2-1-3-10(11)21-13/h1-7,21H,(H,22,23)/b13-6+. The minimum Gasteiger partial charge on any atom is -0.349 e. The van der Waals surface area contributed by atoms with Crippen molar-refractivity contribution in [1.82, 2.24) is 4.98 Å². The van der Waals surface area contributed by atoms with Crippen LogP contribution in [0.5, 0.6) is 0 Å². The van der Waals surface area contributed by atoms with Crippen LogP contribution in [-0.2, 0) is 11.0 Å². The van der Waals surface area contributed by atoms with Crippen molar-refractivity contribution in [3.8, 4) is 0 Å². The first-order valence-corrected chi connectivity index (χ1v) is 6.84. The third kappa shape index (κ3) is 3.14. The van der Waals surface area contributed by atoms with Crippen LogP contribution in [0.25, 0.3) is 6.08 Å². The number of nitrogens with zero attached hydrogens (tertiary/aromatic N) is 1. The predicted molar refractivity (Wildman–Crippen MR) is 80.9 cm³/mol. The van der Waals surface area contributed by atoms with E-state index in [9.17, 15) is 18.0 Å². The Bertz CT molecular complexity index is 818. The normalized spacial score (nSPS) is 15.8. The summed E-state index contributed by atoms with van der Waals surface area (Å²) in [5, 5.41) is 5.37. The number of pyridine rings is 1. The van der Waals surface area contributed by atoms with Crippen LogP contribution in [0.2, 0.25) is 5.02 Å². The van der Waals surface area contributed by atoms with Crippen LogP contribution in [0.15, 0.2) is 42.2 Å². The van der Waals surface area contributed by atoms with Gasteiger partial charge in [0.1, 0.15) is 5.70 Å². The van der Waals surface area contributed by atoms with Crippen molar-refractivity contribution in [2.75, 3.05) is 10.6 Å². The fraction of sp³-hybridized carbons (Fsp3) is 0.0667. The van der Waals surface area contributed by atoms with Crippen LogP contribution in [0.3, 0.4) is 0 Å². The van der Waals surface area contributed by atoms with Gasteiger partial charge in [-0.1, -0.05) is 23.7 Å². The molecule has 0 unspecified atom stereocenters. The Morgan fingerprint density at radius 3 is 2.39 bits per heavy atom. The van der Waals surface area contributed by atoms with Crippen LogP contribution in [-0.4, -0.2) is 10.9 Å². The molecule has 2 aromatic rings. The topological polar surface area (TPSA) is 54.0 Å². The van der Waals surface area contributed by atoms with Gasteiger partial charge in [0.2, 0.25) is 0 Å². The van der Waals surface area contributed by atoms with Gasteiger partial charge in [-0.15, -0.1) is 0 Å². The summed E-state index contributed by atoms with van der Waals surface area (Å²) in [5.74, 6) is -0.429. The van der Waals surface area contributed by atoms with E-state index in [1.807, 2.05) is 0 Å². The van der Waals surface area contributed by atoms with E-state index in [2.05, 4.69) is 15.6 Å². The van der Waals surface area contributed by atoms with Crippen LogP contribution >= 0.6 is 11.6 Å². The highest BCUT2D eigenvalue weighted by Gasteiger charge is 2.31. The highest BCUT2D eigenvalue weighted by molar-refractivity contribution is 6.32. The minimum absolute atomic E-state index is 0.0664. The zero-order valence-corrected chi connectivity index (χ0v) is 12.2. The van der Waals surface area contributed by atoms with Gasteiger partial charge in [-0.2, -0.15) is 13.2 Å². The molecule has 118 valence electrons. The van der Waals surface area contributed by atoms with E-state index >= 15 is 0 Å². The molecule has 1 aromatic heterocycles. The molecule has 0 saturated carbocycles. The van der Waals surface area contributed by atoms with Crippen molar-refractivity contribution in [1.29, 1.82) is 0 Å². The van der Waals surface area contributed by atoms with Crippen molar-refractivity contribution < 1.29 is 18.0 Å². The van der Waals surface area contributed by atoms with E-state index < -0.39 is 17.6 Å². The Morgan fingerprint density at radius 1 is 1.13 bits per heavy atom. The van der Waals surface area contributed by atoms with E-state index in [1.54, 1.807) is 24.3 Å². The van der Waals surface area contributed by atoms with E-state index in [1.165, 1.54) is 6.08 Å². The van der Waals surface area contributed by atoms with Gasteiger partial charge in [-0.25, -0.2) is 0 Å². The van der Waals surface area contributed by atoms with Gasteiger partial charge in [0, 0.05) is 6.20 Å². The molecule has 0 aliphatic carbocycles. The largest absolute Gasteiger partial charge is 0.417 e. The molecule has 0 bridgehead atoms. The predicted octanol–water partition coefficient (Wildman–Crippen LogP) is 4.16. The van der Waals surface area contributed by atoms with Crippen LogP contribution in [0.1, 0.15) is 11.3 Å². The molecule has 1 aliphatic heterocycles. The summed E-state index contributed by atoms with van der Waals surface area (Å²) in [6.07, 6.45) is -2.55. The lowest BCUT2D eigenvalue weighted by Crippen LogP contribution is -2.25. The summed E-state index contributed by atoms with van der Waals surface area (Å²) < 4.78 is 37.8. The van der Waals surface area contributed by atoms with E-state index in [0.717, 1.165) is 6.07 Å². The number of rotatable bonds is 1. The number of halogens is 4. The highest BCUT2D eigenvalue weighted by Crippen LogP contribution is 2.32. The molecule has 0 fully saturated rings. The van der Waals surface area contributed by atoms with Crippen molar-refractivity contribution >= 4 is 35.0 Å². The van der Waals surface area contributed by atoms with E-state index in [4.69, 9.17) is 11.6 Å². The van der Waals surface area contributed by atoms with Gasteiger partial charge >= 0.3 is 6.18 Å². The summed E-state index contributed by atoms with van der Waals surface area (Å²) in [4.78, 5) is 15.7. The highest BCUT2D eigenvalue weighted by atomic mass is 35.5. The number of carbonyl (C=O) groups excluding carboxylic acids is 1. The molecule has 0 radical (unpaired) electrons. The number of benzene rings is 1. The quantitative estimate of drug-likeness (QED) is 0.767. The lowest BCUT2D eigenvalue weighted by Gasteiger charge is -2.20. The van der Waals surface area contributed by atoms with E-state index in [-0.39, 0.29) is 16.4 Å². The molecular weight excluding hydrogens is 331 g/mol. The third-order valence-electron chi connectivity index (χ3n) is 3.17. The third-order valence-corrected chi connectivity index (χ3v) is 3.47. The molecule has 1 aromatic carbocycles. The molecule has 4 nitrogen and oxygen atoms in total. The second-order valence-electron chi connectivity index (χ2n) is 4.77. The smallest absolute Gasteiger partial charge is 0.349 e. The number of nitrogens with one attached hydrogen (secondary N) is 2. The number of alkyl halides is 3. The Morgan fingerprint density at radius 2 is 1.78 bits per heavy atom. The summed E-state index contributed by atoms with van der Waals surface area (Å²) in [7, 11) is 0. The summed E-state index contributed by atoms with van der Waals surface area (Å²) in [6, 6.07) is 7.80. The van der Waals surface area contributed by atoms with Crippen LogP contribution in [0, 0.1) is 0 Å². The Hall–Kier alpha value is -2.54. The fourth-order valence-electron chi connectivity index (χ4n) is 2.04. The van der Waals surface area contributed by atoms with Crippen LogP contribution < -0.4 is 10.6 Å². The Balaban J connectivity index is 1.95. The number of hydrogen-bond donors (Lipinski definition) is 2. The van der Waals surface area contributed by atoms with Gasteiger partial charge < -0.3 is 10.6 Å². The zero-order valence-electron chi connectivity index (χ0n) is 11.4. The van der Waals surface area contributed by atoms with Gasteiger partial charge in [-0.3, -0.25) is 9.78 Å². The first kappa shape index (κ1) is 15.4. The number of fused-ring (bicyclic) bond motifs is 1. The molecule has 23 heavy (non-hydrogen) atoms. The van der Waals surface area contributed by atoms with Crippen molar-refractivity contribution in [3.05, 3.63) is 58.5 Å². The lowest BCUT2D eigenvalue weighted by molar-refractivity contribution is -0.137. The first-order chi connectivity index (χ1) is 10.8. The molecule has 0 saturated heterocycles. The number of anilines is 2. The van der Waals surface area contributed by atoms with Crippen molar-refractivity contribution in [2.24, 2.45) is 0 Å². The molecule has 0 atom stereocenters. The van der Waals surface area contributed by atoms with Gasteiger partial charge in [0.05, 0.1) is 27.7 Å². The van der Waals surface area contributed by atoms with Crippen molar-refractivity contribution in [2.45, 2.75) is 6.18 Å². The number of carbonyl (C=O) groups is 1. The second-order valence-corrected chi connectivity index (χ2v) is 5.18. The number of hydrogen-bond acceptors (Lipinski definition) is 3. The van der Waals surface area contributed by atoms with E-state index in [0.29, 0.717) is 17.6 Å². The molecule has 2 heterocycles. The number of amides is 1. The molecule has 2 N–H and O–H groups in total. The van der Waals surface area contributed by atoms with Gasteiger partial charge in [-0.05, 0) is 24.3 Å². The maximum atomic E-state index is 12.6. The summed E-state index contributed by atoms with van der Waals surface area (Å²) in [5.41, 5.74) is 0.535. The number of aromatic nitrogens is 1. The fourth-order valence-corrected chi connectivity index (χ4v) is 2.26. The Kier molecular flexibility index (Phi) is 3.73. The molecule has 1 aliphatic rings.